The van der Waals surface area contributed by atoms with Crippen LogP contribution in [0.15, 0.2) is 0 Å². The van der Waals surface area contributed by atoms with E-state index < -0.39 is 0 Å². The molecule has 0 aromatic rings. The van der Waals surface area contributed by atoms with Gasteiger partial charge in [0.15, 0.2) is 0 Å². The lowest BCUT2D eigenvalue weighted by Gasteiger charge is -2.18. The highest BCUT2D eigenvalue weighted by atomic mass is 16.7. The Morgan fingerprint density at radius 2 is 1.58 bits per heavy atom. The topological polar surface area (TPSA) is 83.1 Å². The van der Waals surface area contributed by atoms with Crippen LogP contribution in [0.2, 0.25) is 0 Å². The third kappa shape index (κ3) is 7.38. The van der Waals surface area contributed by atoms with E-state index in [0.717, 1.165) is 12.2 Å². The molecule has 12 heavy (non-hydrogen) atoms. The van der Waals surface area contributed by atoms with Gasteiger partial charge in [0.1, 0.15) is 0 Å². The third-order valence-electron chi connectivity index (χ3n) is 0.680. The summed E-state index contributed by atoms with van der Waals surface area (Å²) in [6, 6.07) is 0. The Morgan fingerprint density at radius 1 is 1.25 bits per heavy atom. The van der Waals surface area contributed by atoms with Gasteiger partial charge in [-0.15, -0.1) is 0 Å². The van der Waals surface area contributed by atoms with Crippen molar-refractivity contribution in [2.24, 2.45) is 0 Å². The minimum absolute atomic E-state index is 0.274. The van der Waals surface area contributed by atoms with Gasteiger partial charge in [-0.25, -0.2) is 0 Å². The summed E-state index contributed by atoms with van der Waals surface area (Å²) in [6.45, 7) is 1.35. The summed E-state index contributed by atoms with van der Waals surface area (Å²) in [5.74, 6) is -0.274. The average molecular weight is 181 g/mol. The molecule has 0 saturated carbocycles. The highest BCUT2D eigenvalue weighted by molar-refractivity contribution is 5.71. The Labute approximate surface area is 71.1 Å². The van der Waals surface area contributed by atoms with Gasteiger partial charge < -0.3 is 5.11 Å². The molecule has 1 amide bonds. The number of nitrogens with one attached hydrogen (secondary N) is 2. The molecule has 0 bridgehead atoms. The fourth-order valence-corrected chi connectivity index (χ4v) is 0.330. The first-order valence-corrected chi connectivity index (χ1v) is 3.05. The van der Waals surface area contributed by atoms with Crippen molar-refractivity contribution in [3.8, 4) is 0 Å². The normalized spacial score (nSPS) is 8.42. The molecule has 0 fully saturated rings. The Morgan fingerprint density at radius 3 is 1.75 bits per heavy atom. The van der Waals surface area contributed by atoms with E-state index in [4.69, 9.17) is 5.11 Å². The van der Waals surface area contributed by atoms with E-state index in [2.05, 4.69) is 20.9 Å². The van der Waals surface area contributed by atoms with Crippen LogP contribution in [-0.4, -0.2) is 37.5 Å². The van der Waals surface area contributed by atoms with Gasteiger partial charge in [-0.1, -0.05) is 11.2 Å². The quantitative estimate of drug-likeness (QED) is 0.461. The summed E-state index contributed by atoms with van der Waals surface area (Å²) in [4.78, 5) is 19.4. The van der Waals surface area contributed by atoms with E-state index in [-0.39, 0.29) is 5.91 Å². The van der Waals surface area contributed by atoms with E-state index in [0.29, 0.717) is 0 Å². The molecule has 0 saturated heterocycles. The molecule has 0 aromatic heterocycles. The van der Waals surface area contributed by atoms with Gasteiger partial charge in [0.25, 0.3) is 5.91 Å². The maximum atomic E-state index is 10.6. The first kappa shape index (κ1) is 13.8. The zero-order valence-corrected chi connectivity index (χ0v) is 7.62. The number of aliphatic hydroxyl groups excluding tert-OH is 1. The fraction of sp³-hybridized carbons (Fsp3) is 0.800. The van der Waals surface area contributed by atoms with Crippen molar-refractivity contribution < 1.29 is 19.6 Å². The molecule has 0 unspecified atom stereocenters. The number of aliphatic hydroxyl groups is 1. The number of carbonyl (C=O) groups excluding carboxylic acids is 1. The first-order valence-electron chi connectivity index (χ1n) is 3.05. The molecular formula is C5H15N3O4. The Hall–Kier alpha value is -0.730. The van der Waals surface area contributed by atoms with Crippen LogP contribution in [0.3, 0.4) is 0 Å². The van der Waals surface area contributed by atoms with Crippen molar-refractivity contribution in [1.82, 2.24) is 16.3 Å². The number of hydrazine groups is 2. The van der Waals surface area contributed by atoms with Gasteiger partial charge in [0.2, 0.25) is 0 Å². The number of carbonyl (C=O) groups is 1. The van der Waals surface area contributed by atoms with Gasteiger partial charge in [0, 0.05) is 14.0 Å². The van der Waals surface area contributed by atoms with Crippen LogP contribution in [0.1, 0.15) is 6.92 Å². The second kappa shape index (κ2) is 10.3. The van der Waals surface area contributed by atoms with Crippen LogP contribution >= 0.6 is 0 Å². The van der Waals surface area contributed by atoms with Crippen LogP contribution in [0.5, 0.6) is 0 Å². The number of hydrogen-bond donors (Lipinski definition) is 3. The molecule has 7 nitrogen and oxygen atoms in total. The Kier molecular flexibility index (Phi) is 11.8. The lowest BCUT2D eigenvalue weighted by Crippen LogP contribution is -2.49. The molecule has 74 valence electrons. The Bertz CT molecular complexity index is 105. The summed E-state index contributed by atoms with van der Waals surface area (Å²) in [6.07, 6.45) is 0. The predicted octanol–water partition coefficient (Wildman–Crippen LogP) is -1.42. The molecule has 0 aliphatic carbocycles. The molecule has 0 spiro atoms. The van der Waals surface area contributed by atoms with Crippen LogP contribution in [0.4, 0.5) is 0 Å². The molecule has 0 heterocycles. The van der Waals surface area contributed by atoms with E-state index in [1.165, 1.54) is 21.1 Å². The van der Waals surface area contributed by atoms with Crippen molar-refractivity contribution >= 4 is 5.91 Å². The first-order chi connectivity index (χ1) is 5.72. The number of rotatable bonds is 4. The van der Waals surface area contributed by atoms with Crippen LogP contribution < -0.4 is 11.2 Å². The van der Waals surface area contributed by atoms with E-state index in [1.807, 2.05) is 0 Å². The maximum absolute atomic E-state index is 10.6. The van der Waals surface area contributed by atoms with E-state index in [1.54, 1.807) is 0 Å². The smallest absolute Gasteiger partial charge is 0.252 e. The predicted molar refractivity (Wildman–Crippen MR) is 41.0 cm³/mol. The monoisotopic (exact) mass is 181 g/mol. The number of amides is 1. The van der Waals surface area contributed by atoms with Gasteiger partial charge in [-0.3, -0.25) is 14.5 Å². The van der Waals surface area contributed by atoms with Crippen molar-refractivity contribution in [2.45, 2.75) is 6.92 Å². The van der Waals surface area contributed by atoms with Crippen molar-refractivity contribution in [2.75, 3.05) is 21.3 Å². The van der Waals surface area contributed by atoms with Gasteiger partial charge in [-0.2, -0.15) is 5.12 Å². The zero-order valence-electron chi connectivity index (χ0n) is 7.62. The summed E-state index contributed by atoms with van der Waals surface area (Å²) in [5.41, 5.74) is 4.46. The van der Waals surface area contributed by atoms with Gasteiger partial charge >= 0.3 is 0 Å². The lowest BCUT2D eigenvalue weighted by molar-refractivity contribution is -0.185. The molecule has 0 aliphatic heterocycles. The van der Waals surface area contributed by atoms with Crippen LogP contribution in [-0.2, 0) is 14.5 Å². The largest absolute Gasteiger partial charge is 0.400 e. The minimum Gasteiger partial charge on any atom is -0.400 e. The lowest BCUT2D eigenvalue weighted by atomic mass is 10.7. The maximum Gasteiger partial charge on any atom is 0.252 e. The molecule has 0 atom stereocenters. The van der Waals surface area contributed by atoms with Crippen LogP contribution in [0.25, 0.3) is 0 Å². The summed E-state index contributed by atoms with van der Waals surface area (Å²) in [7, 11) is 3.76. The molecule has 7 heteroatoms. The number of hydrogen-bond acceptors (Lipinski definition) is 6. The minimum atomic E-state index is -0.274. The van der Waals surface area contributed by atoms with E-state index >= 15 is 0 Å². The standard InChI is InChI=1S/C4H11N3O3.CH4O/c1-4(8)7(5-9-2)6-10-3;1-2/h5-6H,1-3H3;2H,1H3. The molecule has 0 rings (SSSR count). The van der Waals surface area contributed by atoms with Crippen molar-refractivity contribution in [3.05, 3.63) is 0 Å². The van der Waals surface area contributed by atoms with E-state index in [9.17, 15) is 4.79 Å². The zero-order chi connectivity index (χ0) is 9.98. The second-order valence-corrected chi connectivity index (χ2v) is 1.45. The SMILES string of the molecule is CO.CONN(NOC)C(C)=O. The molecular weight excluding hydrogens is 166 g/mol. The molecule has 0 aromatic carbocycles. The third-order valence-corrected chi connectivity index (χ3v) is 0.680. The van der Waals surface area contributed by atoms with Crippen molar-refractivity contribution in [3.63, 3.8) is 0 Å². The molecule has 3 N–H and O–H groups in total. The van der Waals surface area contributed by atoms with Gasteiger partial charge in [0.05, 0.1) is 14.2 Å². The average Bonchev–Trinajstić information content (AvgIpc) is 2.08. The Balaban J connectivity index is 0. The molecule has 0 aliphatic rings. The van der Waals surface area contributed by atoms with Crippen molar-refractivity contribution in [1.29, 1.82) is 0 Å². The highest BCUT2D eigenvalue weighted by Crippen LogP contribution is 1.75. The number of nitrogens with zero attached hydrogens (tertiary/aromatic N) is 1. The molecule has 0 radical (unpaired) electrons. The summed E-state index contributed by atoms with van der Waals surface area (Å²) in [5, 5.41) is 7.94. The fourth-order valence-electron chi connectivity index (χ4n) is 0.330. The van der Waals surface area contributed by atoms with Gasteiger partial charge in [-0.05, 0) is 0 Å². The summed E-state index contributed by atoms with van der Waals surface area (Å²) >= 11 is 0. The van der Waals surface area contributed by atoms with Crippen LogP contribution in [0, 0.1) is 0 Å². The summed E-state index contributed by atoms with van der Waals surface area (Å²) < 4.78 is 0. The highest BCUT2D eigenvalue weighted by Gasteiger charge is 2.04. The second-order valence-electron chi connectivity index (χ2n) is 1.45.